The third kappa shape index (κ3) is 3.64. The minimum atomic E-state index is -0.364. The summed E-state index contributed by atoms with van der Waals surface area (Å²) in [6.07, 6.45) is 6.11. The van der Waals surface area contributed by atoms with Crippen molar-refractivity contribution < 1.29 is 14.3 Å². The Morgan fingerprint density at radius 2 is 2.12 bits per heavy atom. The molecule has 2 aromatic heterocycles. The zero-order chi connectivity index (χ0) is 18.7. The first kappa shape index (κ1) is 18.9. The minimum Gasteiger partial charge on any atom is -0.462 e. The van der Waals surface area contributed by atoms with Crippen LogP contribution >= 0.6 is 22.9 Å². The number of hydrogen-bond donors (Lipinski definition) is 1. The molecule has 1 aliphatic carbocycles. The highest BCUT2D eigenvalue weighted by Gasteiger charge is 2.28. The molecule has 0 spiro atoms. The smallest absolute Gasteiger partial charge is 0.341 e. The fourth-order valence-corrected chi connectivity index (χ4v) is 4.63. The van der Waals surface area contributed by atoms with Gasteiger partial charge >= 0.3 is 5.97 Å². The number of halogens is 1. The lowest BCUT2D eigenvalue weighted by atomic mass is 9.95. The zero-order valence-corrected chi connectivity index (χ0v) is 16.5. The van der Waals surface area contributed by atoms with Crippen LogP contribution in [0.3, 0.4) is 0 Å². The van der Waals surface area contributed by atoms with Gasteiger partial charge in [0.1, 0.15) is 10.7 Å². The highest BCUT2D eigenvalue weighted by Crippen LogP contribution is 2.39. The van der Waals surface area contributed by atoms with Crippen molar-refractivity contribution in [2.75, 3.05) is 11.9 Å². The second kappa shape index (κ2) is 8.22. The monoisotopic (exact) mass is 395 g/mol. The number of nitrogens with zero attached hydrogens (tertiary/aromatic N) is 2. The summed E-state index contributed by atoms with van der Waals surface area (Å²) in [5.74, 6) is -0.728. The van der Waals surface area contributed by atoms with E-state index in [-0.39, 0.29) is 11.9 Å². The molecule has 0 atom stereocenters. The molecule has 2 heterocycles. The standard InChI is InChI=1S/C18H22ClN3O3S/c1-3-9-25-18(24)14-11-7-5-6-8-13(11)26-17(14)21-16(23)15-12(19)10-20-22(15)4-2/h10H,3-9H2,1-2H3,(H,21,23). The van der Waals surface area contributed by atoms with E-state index in [1.165, 1.54) is 17.5 Å². The van der Waals surface area contributed by atoms with Gasteiger partial charge in [-0.3, -0.25) is 9.48 Å². The molecule has 26 heavy (non-hydrogen) atoms. The molecule has 6 nitrogen and oxygen atoms in total. The molecule has 0 saturated carbocycles. The van der Waals surface area contributed by atoms with Crippen molar-refractivity contribution in [1.82, 2.24) is 9.78 Å². The van der Waals surface area contributed by atoms with Crippen LogP contribution in [0, 0.1) is 0 Å². The van der Waals surface area contributed by atoms with Gasteiger partial charge in [-0.05, 0) is 44.6 Å². The molecule has 0 saturated heterocycles. The summed E-state index contributed by atoms with van der Waals surface area (Å²) in [6, 6.07) is 0. The number of amides is 1. The summed E-state index contributed by atoms with van der Waals surface area (Å²) >= 11 is 7.59. The Labute approximate surface area is 161 Å². The molecular formula is C18H22ClN3O3S. The SMILES string of the molecule is CCCOC(=O)c1c(NC(=O)c2c(Cl)cnn2CC)sc2c1CCCC2. The van der Waals surface area contributed by atoms with Gasteiger partial charge in [0, 0.05) is 11.4 Å². The average Bonchev–Trinajstić information content (AvgIpc) is 3.19. The summed E-state index contributed by atoms with van der Waals surface area (Å²) in [4.78, 5) is 26.5. The maximum absolute atomic E-state index is 12.8. The number of carbonyl (C=O) groups excluding carboxylic acids is 2. The predicted molar refractivity (Wildman–Crippen MR) is 102 cm³/mol. The number of esters is 1. The third-order valence-corrected chi connectivity index (χ3v) is 5.83. The van der Waals surface area contributed by atoms with Crippen LogP contribution in [0.1, 0.15) is 64.4 Å². The fraction of sp³-hybridized carbons (Fsp3) is 0.500. The Morgan fingerprint density at radius 3 is 2.85 bits per heavy atom. The molecule has 1 aliphatic rings. The number of hydrogen-bond acceptors (Lipinski definition) is 5. The Balaban J connectivity index is 1.94. The number of ether oxygens (including phenoxy) is 1. The van der Waals surface area contributed by atoms with Crippen molar-refractivity contribution in [1.29, 1.82) is 0 Å². The van der Waals surface area contributed by atoms with E-state index in [1.807, 2.05) is 13.8 Å². The first-order valence-electron chi connectivity index (χ1n) is 8.91. The summed E-state index contributed by atoms with van der Waals surface area (Å²) < 4.78 is 6.90. The van der Waals surface area contributed by atoms with Gasteiger partial charge in [-0.1, -0.05) is 18.5 Å². The number of carbonyl (C=O) groups is 2. The van der Waals surface area contributed by atoms with Crippen LogP contribution in [0.4, 0.5) is 5.00 Å². The normalized spacial score (nSPS) is 13.3. The highest BCUT2D eigenvalue weighted by atomic mass is 35.5. The van der Waals surface area contributed by atoms with E-state index in [1.54, 1.807) is 4.68 Å². The summed E-state index contributed by atoms with van der Waals surface area (Å²) in [5, 5.41) is 7.81. The molecule has 2 aromatic rings. The van der Waals surface area contributed by atoms with Crippen LogP contribution in [0.5, 0.6) is 0 Å². The van der Waals surface area contributed by atoms with Crippen LogP contribution in [0.25, 0.3) is 0 Å². The molecule has 0 aromatic carbocycles. The number of aryl methyl sites for hydroxylation is 2. The highest BCUT2D eigenvalue weighted by molar-refractivity contribution is 7.17. The molecule has 0 aliphatic heterocycles. The summed E-state index contributed by atoms with van der Waals surface area (Å²) in [5.41, 5.74) is 1.83. The van der Waals surface area contributed by atoms with E-state index in [2.05, 4.69) is 10.4 Å². The second-order valence-corrected chi connectivity index (χ2v) is 7.67. The van der Waals surface area contributed by atoms with E-state index >= 15 is 0 Å². The summed E-state index contributed by atoms with van der Waals surface area (Å²) in [6.45, 7) is 4.73. The molecule has 0 fully saturated rings. The number of fused-ring (bicyclic) bond motifs is 1. The lowest BCUT2D eigenvalue weighted by molar-refractivity contribution is 0.0505. The van der Waals surface area contributed by atoms with Crippen molar-refractivity contribution in [3.8, 4) is 0 Å². The van der Waals surface area contributed by atoms with E-state index in [0.29, 0.717) is 34.4 Å². The van der Waals surface area contributed by atoms with Crippen molar-refractivity contribution in [3.05, 3.63) is 32.9 Å². The first-order chi connectivity index (χ1) is 12.6. The van der Waals surface area contributed by atoms with Crippen LogP contribution in [-0.4, -0.2) is 28.3 Å². The Bertz CT molecular complexity index is 828. The van der Waals surface area contributed by atoms with Crippen molar-refractivity contribution in [2.45, 2.75) is 52.5 Å². The van der Waals surface area contributed by atoms with Gasteiger partial charge in [0.2, 0.25) is 0 Å². The lowest BCUT2D eigenvalue weighted by Crippen LogP contribution is -2.19. The van der Waals surface area contributed by atoms with Gasteiger partial charge in [-0.25, -0.2) is 4.79 Å². The van der Waals surface area contributed by atoms with Gasteiger partial charge in [0.25, 0.3) is 5.91 Å². The van der Waals surface area contributed by atoms with Crippen molar-refractivity contribution in [2.24, 2.45) is 0 Å². The van der Waals surface area contributed by atoms with Crippen molar-refractivity contribution in [3.63, 3.8) is 0 Å². The molecular weight excluding hydrogens is 374 g/mol. The van der Waals surface area contributed by atoms with Crippen molar-refractivity contribution >= 4 is 39.8 Å². The van der Waals surface area contributed by atoms with Gasteiger partial charge < -0.3 is 10.1 Å². The molecule has 0 unspecified atom stereocenters. The maximum Gasteiger partial charge on any atom is 0.341 e. The first-order valence-corrected chi connectivity index (χ1v) is 10.1. The Morgan fingerprint density at radius 1 is 1.35 bits per heavy atom. The molecule has 1 N–H and O–H groups in total. The predicted octanol–water partition coefficient (Wildman–Crippen LogP) is 4.32. The Hall–Kier alpha value is -1.86. The maximum atomic E-state index is 12.8. The van der Waals surface area contributed by atoms with E-state index < -0.39 is 0 Å². The number of nitrogens with one attached hydrogen (secondary N) is 1. The van der Waals surface area contributed by atoms with Gasteiger partial charge in [0.05, 0.1) is 23.4 Å². The Kier molecular flexibility index (Phi) is 5.98. The molecule has 140 valence electrons. The minimum absolute atomic E-state index is 0.292. The number of anilines is 1. The van der Waals surface area contributed by atoms with E-state index in [0.717, 1.165) is 42.5 Å². The van der Waals surface area contributed by atoms with E-state index in [4.69, 9.17) is 16.3 Å². The van der Waals surface area contributed by atoms with E-state index in [9.17, 15) is 9.59 Å². The number of aromatic nitrogens is 2. The molecule has 3 rings (SSSR count). The zero-order valence-electron chi connectivity index (χ0n) is 14.9. The second-order valence-electron chi connectivity index (χ2n) is 6.16. The molecule has 0 bridgehead atoms. The van der Waals surface area contributed by atoms with Gasteiger partial charge in [-0.15, -0.1) is 11.3 Å². The number of thiophene rings is 1. The topological polar surface area (TPSA) is 73.2 Å². The van der Waals surface area contributed by atoms with Gasteiger partial charge in [0.15, 0.2) is 0 Å². The van der Waals surface area contributed by atoms with Crippen LogP contribution in [0.15, 0.2) is 6.20 Å². The largest absolute Gasteiger partial charge is 0.462 e. The number of rotatable bonds is 6. The van der Waals surface area contributed by atoms with Crippen LogP contribution < -0.4 is 5.32 Å². The fourth-order valence-electron chi connectivity index (χ4n) is 3.13. The summed E-state index contributed by atoms with van der Waals surface area (Å²) in [7, 11) is 0. The average molecular weight is 396 g/mol. The van der Waals surface area contributed by atoms with Crippen LogP contribution in [0.2, 0.25) is 5.02 Å². The molecule has 0 radical (unpaired) electrons. The molecule has 1 amide bonds. The van der Waals surface area contributed by atoms with Gasteiger partial charge in [-0.2, -0.15) is 5.10 Å². The lowest BCUT2D eigenvalue weighted by Gasteiger charge is -2.12. The molecule has 8 heteroatoms. The third-order valence-electron chi connectivity index (χ3n) is 4.35. The quantitative estimate of drug-likeness (QED) is 0.739. The van der Waals surface area contributed by atoms with Crippen LogP contribution in [-0.2, 0) is 24.1 Å².